The lowest BCUT2D eigenvalue weighted by atomic mass is 10.1. The second-order valence-corrected chi connectivity index (χ2v) is 7.06. The Bertz CT molecular complexity index is 723. The third-order valence-electron chi connectivity index (χ3n) is 3.87. The zero-order valence-corrected chi connectivity index (χ0v) is 13.4. The van der Waals surface area contributed by atoms with Crippen LogP contribution in [0.1, 0.15) is 24.8 Å². The van der Waals surface area contributed by atoms with Gasteiger partial charge < -0.3 is 10.4 Å². The molecule has 0 bridgehead atoms. The number of carboxylic acid groups (broad SMARTS) is 1. The maximum absolute atomic E-state index is 12.2. The fraction of sp³-hybridized carbons (Fsp3) is 0.375. The number of hydrogen-bond acceptors (Lipinski definition) is 3. The summed E-state index contributed by atoms with van der Waals surface area (Å²) in [7, 11) is 0. The molecule has 1 atom stereocenters. The van der Waals surface area contributed by atoms with Crippen LogP contribution in [0.15, 0.2) is 23.6 Å². The number of fused-ring (bicyclic) bond motifs is 1. The summed E-state index contributed by atoms with van der Waals surface area (Å²) in [5, 5.41) is 15.4. The summed E-state index contributed by atoms with van der Waals surface area (Å²) in [4.78, 5) is 23.4. The molecular formula is C16H16ClNO3S. The van der Waals surface area contributed by atoms with Gasteiger partial charge in [0.15, 0.2) is 0 Å². The van der Waals surface area contributed by atoms with E-state index in [1.54, 1.807) is 11.3 Å². The standard InChI is InChI=1S/C16H16ClNO3S/c17-11-3-4-14-12(7-11)10(8-22-14)6-15(19)18-13(16(20)21)5-9-1-2-9/h3-4,7-9,13H,1-2,5-6H2,(H,18,19)(H,20,21). The fourth-order valence-corrected chi connectivity index (χ4v) is 3.63. The number of aliphatic carboxylic acids is 1. The molecule has 1 aliphatic carbocycles. The Balaban J connectivity index is 1.69. The van der Waals surface area contributed by atoms with E-state index in [0.29, 0.717) is 17.4 Å². The molecule has 4 nitrogen and oxygen atoms in total. The Kier molecular flexibility index (Phi) is 4.36. The topological polar surface area (TPSA) is 66.4 Å². The van der Waals surface area contributed by atoms with Crippen LogP contribution in [0.3, 0.4) is 0 Å². The van der Waals surface area contributed by atoms with Gasteiger partial charge in [0.05, 0.1) is 6.42 Å². The van der Waals surface area contributed by atoms with Gasteiger partial charge in [-0.05, 0) is 46.9 Å². The number of nitrogens with one attached hydrogen (secondary N) is 1. The van der Waals surface area contributed by atoms with E-state index in [2.05, 4.69) is 5.32 Å². The maximum atomic E-state index is 12.2. The number of hydrogen-bond donors (Lipinski definition) is 2. The molecule has 0 radical (unpaired) electrons. The van der Waals surface area contributed by atoms with E-state index in [4.69, 9.17) is 11.6 Å². The van der Waals surface area contributed by atoms with Gasteiger partial charge in [0, 0.05) is 9.72 Å². The molecule has 116 valence electrons. The Morgan fingerprint density at radius 2 is 2.18 bits per heavy atom. The molecule has 1 aromatic carbocycles. The predicted octanol–water partition coefficient (Wildman–Crippen LogP) is 3.47. The monoisotopic (exact) mass is 337 g/mol. The molecule has 1 aliphatic rings. The smallest absolute Gasteiger partial charge is 0.326 e. The van der Waals surface area contributed by atoms with Crippen molar-refractivity contribution in [3.05, 3.63) is 34.2 Å². The van der Waals surface area contributed by atoms with Gasteiger partial charge in [-0.1, -0.05) is 24.4 Å². The van der Waals surface area contributed by atoms with E-state index in [1.807, 2.05) is 23.6 Å². The van der Waals surface area contributed by atoms with Crippen molar-refractivity contribution >= 4 is 44.9 Å². The Morgan fingerprint density at radius 1 is 1.41 bits per heavy atom. The molecular weight excluding hydrogens is 322 g/mol. The molecule has 1 amide bonds. The second-order valence-electron chi connectivity index (χ2n) is 5.72. The Labute approximate surface area is 137 Å². The van der Waals surface area contributed by atoms with E-state index in [-0.39, 0.29) is 12.3 Å². The molecule has 2 N–H and O–H groups in total. The summed E-state index contributed by atoms with van der Waals surface area (Å²) in [5.74, 6) is -0.770. The normalized spacial score (nSPS) is 15.7. The largest absolute Gasteiger partial charge is 0.480 e. The quantitative estimate of drug-likeness (QED) is 0.848. The van der Waals surface area contributed by atoms with Gasteiger partial charge in [0.25, 0.3) is 0 Å². The highest BCUT2D eigenvalue weighted by molar-refractivity contribution is 7.17. The van der Waals surface area contributed by atoms with Gasteiger partial charge in [-0.2, -0.15) is 0 Å². The zero-order chi connectivity index (χ0) is 15.7. The Hall–Kier alpha value is -1.59. The summed E-state index contributed by atoms with van der Waals surface area (Å²) in [6, 6.07) is 4.81. The number of halogens is 1. The van der Waals surface area contributed by atoms with Gasteiger partial charge in [-0.25, -0.2) is 4.79 Å². The van der Waals surface area contributed by atoms with Crippen LogP contribution in [-0.4, -0.2) is 23.0 Å². The highest BCUT2D eigenvalue weighted by atomic mass is 35.5. The lowest BCUT2D eigenvalue weighted by Crippen LogP contribution is -2.41. The first-order chi connectivity index (χ1) is 10.5. The summed E-state index contributed by atoms with van der Waals surface area (Å²) >= 11 is 7.56. The first-order valence-electron chi connectivity index (χ1n) is 7.20. The van der Waals surface area contributed by atoms with Crippen molar-refractivity contribution in [3.63, 3.8) is 0 Å². The van der Waals surface area contributed by atoms with E-state index >= 15 is 0 Å². The molecule has 1 fully saturated rings. The minimum atomic E-state index is -0.960. The molecule has 0 spiro atoms. The summed E-state index contributed by atoms with van der Waals surface area (Å²) < 4.78 is 1.07. The molecule has 1 heterocycles. The van der Waals surface area contributed by atoms with Crippen LogP contribution in [0.25, 0.3) is 10.1 Å². The van der Waals surface area contributed by atoms with Crippen molar-refractivity contribution in [2.24, 2.45) is 5.92 Å². The second kappa shape index (κ2) is 6.26. The molecule has 0 aliphatic heterocycles. The third-order valence-corrected chi connectivity index (χ3v) is 5.11. The van der Waals surface area contributed by atoms with Gasteiger partial charge >= 0.3 is 5.97 Å². The van der Waals surface area contributed by atoms with Gasteiger partial charge in [0.2, 0.25) is 5.91 Å². The van der Waals surface area contributed by atoms with Crippen LogP contribution in [-0.2, 0) is 16.0 Å². The summed E-state index contributed by atoms with van der Waals surface area (Å²) in [6.07, 6.45) is 2.83. The van der Waals surface area contributed by atoms with Crippen molar-refractivity contribution in [2.45, 2.75) is 31.7 Å². The predicted molar refractivity (Wildman–Crippen MR) is 87.4 cm³/mol. The van der Waals surface area contributed by atoms with Crippen LogP contribution in [0.4, 0.5) is 0 Å². The van der Waals surface area contributed by atoms with Crippen LogP contribution >= 0.6 is 22.9 Å². The molecule has 1 aromatic heterocycles. The van der Waals surface area contributed by atoms with Gasteiger partial charge in [-0.15, -0.1) is 11.3 Å². The van der Waals surface area contributed by atoms with E-state index < -0.39 is 12.0 Å². The van der Waals surface area contributed by atoms with Crippen molar-refractivity contribution in [2.75, 3.05) is 0 Å². The molecule has 1 saturated carbocycles. The first-order valence-corrected chi connectivity index (χ1v) is 8.46. The lowest BCUT2D eigenvalue weighted by molar-refractivity contribution is -0.142. The van der Waals surface area contributed by atoms with E-state index in [0.717, 1.165) is 28.5 Å². The number of amides is 1. The number of thiophene rings is 1. The van der Waals surface area contributed by atoms with Crippen molar-refractivity contribution in [1.29, 1.82) is 0 Å². The molecule has 6 heteroatoms. The number of carbonyl (C=O) groups is 2. The SMILES string of the molecule is O=C(Cc1csc2ccc(Cl)cc12)NC(CC1CC1)C(=O)O. The average Bonchev–Trinajstić information content (AvgIpc) is 3.20. The number of carboxylic acids is 1. The van der Waals surface area contributed by atoms with Crippen LogP contribution in [0, 0.1) is 5.92 Å². The summed E-state index contributed by atoms with van der Waals surface area (Å²) in [6.45, 7) is 0. The van der Waals surface area contributed by atoms with Gasteiger partial charge in [0.1, 0.15) is 6.04 Å². The number of benzene rings is 1. The molecule has 3 rings (SSSR count). The van der Waals surface area contributed by atoms with Gasteiger partial charge in [-0.3, -0.25) is 4.79 Å². The first kappa shape index (κ1) is 15.3. The molecule has 2 aromatic rings. The van der Waals surface area contributed by atoms with Crippen molar-refractivity contribution < 1.29 is 14.7 Å². The number of carbonyl (C=O) groups excluding carboxylic acids is 1. The Morgan fingerprint density at radius 3 is 2.86 bits per heavy atom. The highest BCUT2D eigenvalue weighted by Gasteiger charge is 2.30. The molecule has 1 unspecified atom stereocenters. The van der Waals surface area contributed by atoms with Crippen LogP contribution < -0.4 is 5.32 Å². The zero-order valence-electron chi connectivity index (χ0n) is 11.8. The van der Waals surface area contributed by atoms with Crippen molar-refractivity contribution in [1.82, 2.24) is 5.32 Å². The maximum Gasteiger partial charge on any atom is 0.326 e. The van der Waals surface area contributed by atoms with E-state index in [9.17, 15) is 14.7 Å². The third kappa shape index (κ3) is 3.59. The van der Waals surface area contributed by atoms with E-state index in [1.165, 1.54) is 0 Å². The fourth-order valence-electron chi connectivity index (χ4n) is 2.52. The minimum absolute atomic E-state index is 0.175. The summed E-state index contributed by atoms with van der Waals surface area (Å²) in [5.41, 5.74) is 0.885. The molecule has 22 heavy (non-hydrogen) atoms. The number of rotatable bonds is 6. The highest BCUT2D eigenvalue weighted by Crippen LogP contribution is 2.33. The minimum Gasteiger partial charge on any atom is -0.480 e. The van der Waals surface area contributed by atoms with Crippen LogP contribution in [0.2, 0.25) is 5.02 Å². The lowest BCUT2D eigenvalue weighted by Gasteiger charge is -2.13. The molecule has 0 saturated heterocycles. The average molecular weight is 338 g/mol. The van der Waals surface area contributed by atoms with Crippen molar-refractivity contribution in [3.8, 4) is 0 Å². The van der Waals surface area contributed by atoms with Crippen LogP contribution in [0.5, 0.6) is 0 Å².